The lowest BCUT2D eigenvalue weighted by Crippen LogP contribution is -2.45. The normalized spacial score (nSPS) is 22.1. The molecule has 1 atom stereocenters. The highest BCUT2D eigenvalue weighted by molar-refractivity contribution is 5.35. The van der Waals surface area contributed by atoms with E-state index in [-0.39, 0.29) is 0 Å². The molecule has 0 aliphatic carbocycles. The van der Waals surface area contributed by atoms with Gasteiger partial charge in [-0.15, -0.1) is 0 Å². The minimum atomic E-state index is 0.618. The number of fused-ring (bicyclic) bond motifs is 1. The van der Waals surface area contributed by atoms with Crippen LogP contribution in [0.1, 0.15) is 18.4 Å². The highest BCUT2D eigenvalue weighted by atomic mass is 15.3. The van der Waals surface area contributed by atoms with Crippen molar-refractivity contribution < 1.29 is 0 Å². The number of nitrogens with zero attached hydrogens (tertiary/aromatic N) is 4. The lowest BCUT2D eigenvalue weighted by molar-refractivity contribution is 0.186. The van der Waals surface area contributed by atoms with Gasteiger partial charge >= 0.3 is 0 Å². The first-order valence-electron chi connectivity index (χ1n) is 8.97. The van der Waals surface area contributed by atoms with Crippen molar-refractivity contribution in [3.63, 3.8) is 0 Å². The second-order valence-corrected chi connectivity index (χ2v) is 6.96. The van der Waals surface area contributed by atoms with Gasteiger partial charge in [0.2, 0.25) is 0 Å². The summed E-state index contributed by atoms with van der Waals surface area (Å²) in [5.74, 6) is 1.77. The smallest absolute Gasteiger partial charge is 0.124 e. The molecule has 1 fully saturated rings. The van der Waals surface area contributed by atoms with Crippen LogP contribution in [-0.4, -0.2) is 51.9 Å². The largest absolute Gasteiger partial charge is 0.370 e. The fourth-order valence-electron chi connectivity index (χ4n) is 3.70. The van der Waals surface area contributed by atoms with Gasteiger partial charge in [-0.1, -0.05) is 0 Å². The van der Waals surface area contributed by atoms with E-state index in [1.807, 2.05) is 24.7 Å². The summed E-state index contributed by atoms with van der Waals surface area (Å²) >= 11 is 0. The van der Waals surface area contributed by atoms with Crippen molar-refractivity contribution in [3.05, 3.63) is 42.4 Å². The SMILES string of the molecule is c1cc(CN2CCC(NC[C@@H]3CNc4ccnn4C3)CC2)ccn1. The molecule has 0 aromatic carbocycles. The number of rotatable bonds is 5. The second kappa shape index (κ2) is 7.32. The molecule has 2 aromatic heterocycles. The van der Waals surface area contributed by atoms with Crippen LogP contribution >= 0.6 is 0 Å². The monoisotopic (exact) mass is 326 g/mol. The molecule has 4 rings (SSSR count). The van der Waals surface area contributed by atoms with Gasteiger partial charge in [0, 0.05) is 56.6 Å². The molecule has 0 bridgehead atoms. The Morgan fingerprint density at radius 3 is 2.79 bits per heavy atom. The summed E-state index contributed by atoms with van der Waals surface area (Å²) in [6.07, 6.45) is 8.10. The summed E-state index contributed by atoms with van der Waals surface area (Å²) in [5.41, 5.74) is 1.36. The van der Waals surface area contributed by atoms with Crippen LogP contribution in [0.15, 0.2) is 36.8 Å². The standard InChI is InChI=1S/C18H26N6/c1-6-19-7-2-15(1)13-23-9-4-17(5-10-23)20-11-16-12-21-18-3-8-22-24(18)14-16/h1-3,6-8,16-17,20-21H,4-5,9-14H2/t16-/m1/s1. The van der Waals surface area contributed by atoms with E-state index in [2.05, 4.69) is 42.4 Å². The van der Waals surface area contributed by atoms with Crippen LogP contribution in [0.2, 0.25) is 0 Å². The molecule has 6 nitrogen and oxygen atoms in total. The lowest BCUT2D eigenvalue weighted by atomic mass is 10.0. The van der Waals surface area contributed by atoms with E-state index in [9.17, 15) is 0 Å². The Hall–Kier alpha value is -1.92. The average molecular weight is 326 g/mol. The highest BCUT2D eigenvalue weighted by Gasteiger charge is 2.22. The Morgan fingerprint density at radius 2 is 1.96 bits per heavy atom. The summed E-state index contributed by atoms with van der Waals surface area (Å²) < 4.78 is 2.08. The van der Waals surface area contributed by atoms with Crippen LogP contribution in [-0.2, 0) is 13.1 Å². The molecule has 2 aliphatic rings. The van der Waals surface area contributed by atoms with E-state index >= 15 is 0 Å². The van der Waals surface area contributed by atoms with Gasteiger partial charge in [0.25, 0.3) is 0 Å². The number of hydrogen-bond acceptors (Lipinski definition) is 5. The van der Waals surface area contributed by atoms with E-state index in [1.54, 1.807) is 0 Å². The molecule has 4 heterocycles. The van der Waals surface area contributed by atoms with Gasteiger partial charge in [0.15, 0.2) is 0 Å². The van der Waals surface area contributed by atoms with Crippen LogP contribution in [0, 0.1) is 5.92 Å². The van der Waals surface area contributed by atoms with Gasteiger partial charge in [-0.2, -0.15) is 5.10 Å². The van der Waals surface area contributed by atoms with Crippen LogP contribution in [0.4, 0.5) is 5.82 Å². The van der Waals surface area contributed by atoms with Crippen molar-refractivity contribution in [1.82, 2.24) is 25.0 Å². The zero-order valence-corrected chi connectivity index (χ0v) is 14.1. The number of anilines is 1. The summed E-state index contributed by atoms with van der Waals surface area (Å²) in [4.78, 5) is 6.64. The molecular formula is C18H26N6. The first-order valence-corrected chi connectivity index (χ1v) is 8.97. The van der Waals surface area contributed by atoms with E-state index < -0.39 is 0 Å². The summed E-state index contributed by atoms with van der Waals surface area (Å²) in [5, 5.41) is 11.6. The van der Waals surface area contributed by atoms with Crippen LogP contribution < -0.4 is 10.6 Å². The van der Waals surface area contributed by atoms with Gasteiger partial charge < -0.3 is 10.6 Å². The lowest BCUT2D eigenvalue weighted by Gasteiger charge is -2.34. The van der Waals surface area contributed by atoms with Crippen molar-refractivity contribution in [2.24, 2.45) is 5.92 Å². The molecule has 2 aliphatic heterocycles. The third-order valence-corrected chi connectivity index (χ3v) is 5.16. The Morgan fingerprint density at radius 1 is 1.12 bits per heavy atom. The minimum absolute atomic E-state index is 0.618. The Kier molecular flexibility index (Phi) is 4.76. The van der Waals surface area contributed by atoms with Gasteiger partial charge in [-0.3, -0.25) is 9.88 Å². The molecule has 2 aromatic rings. The van der Waals surface area contributed by atoms with Gasteiger partial charge in [0.1, 0.15) is 5.82 Å². The van der Waals surface area contributed by atoms with Crippen molar-refractivity contribution in [1.29, 1.82) is 0 Å². The molecule has 0 unspecified atom stereocenters. The predicted octanol–water partition coefficient (Wildman–Crippen LogP) is 1.57. The molecule has 128 valence electrons. The summed E-state index contributed by atoms with van der Waals surface area (Å²) in [6.45, 7) is 6.52. The zero-order valence-electron chi connectivity index (χ0n) is 14.1. The summed E-state index contributed by atoms with van der Waals surface area (Å²) in [7, 11) is 0. The molecule has 0 spiro atoms. The second-order valence-electron chi connectivity index (χ2n) is 6.96. The predicted molar refractivity (Wildman–Crippen MR) is 94.7 cm³/mol. The van der Waals surface area contributed by atoms with Gasteiger partial charge in [0.05, 0.1) is 6.20 Å². The molecule has 1 saturated heterocycles. The first kappa shape index (κ1) is 15.6. The van der Waals surface area contributed by atoms with Crippen molar-refractivity contribution in [3.8, 4) is 0 Å². The molecular weight excluding hydrogens is 300 g/mol. The molecule has 6 heteroatoms. The third kappa shape index (κ3) is 3.76. The highest BCUT2D eigenvalue weighted by Crippen LogP contribution is 2.17. The van der Waals surface area contributed by atoms with Gasteiger partial charge in [-0.05, 0) is 43.6 Å². The quantitative estimate of drug-likeness (QED) is 0.873. The molecule has 0 amide bonds. The van der Waals surface area contributed by atoms with E-state index in [0.29, 0.717) is 12.0 Å². The maximum atomic E-state index is 4.37. The van der Waals surface area contributed by atoms with E-state index in [1.165, 1.54) is 31.5 Å². The summed E-state index contributed by atoms with van der Waals surface area (Å²) in [6, 6.07) is 6.92. The number of hydrogen-bond donors (Lipinski definition) is 2. The van der Waals surface area contributed by atoms with Crippen molar-refractivity contribution in [2.45, 2.75) is 32.0 Å². The van der Waals surface area contributed by atoms with Crippen LogP contribution in [0.5, 0.6) is 0 Å². The Bertz CT molecular complexity index is 632. The van der Waals surface area contributed by atoms with Crippen LogP contribution in [0.25, 0.3) is 0 Å². The fraction of sp³-hybridized carbons (Fsp3) is 0.556. The maximum Gasteiger partial charge on any atom is 0.124 e. The Balaban J connectivity index is 1.19. The number of pyridine rings is 1. The molecule has 0 saturated carbocycles. The molecule has 2 N–H and O–H groups in total. The third-order valence-electron chi connectivity index (χ3n) is 5.16. The first-order chi connectivity index (χ1) is 11.9. The van der Waals surface area contributed by atoms with E-state index in [4.69, 9.17) is 0 Å². The Labute approximate surface area is 143 Å². The van der Waals surface area contributed by atoms with Crippen LogP contribution in [0.3, 0.4) is 0 Å². The van der Waals surface area contributed by atoms with Gasteiger partial charge in [-0.25, -0.2) is 4.68 Å². The van der Waals surface area contributed by atoms with E-state index in [0.717, 1.165) is 32.0 Å². The van der Waals surface area contributed by atoms with Crippen molar-refractivity contribution >= 4 is 5.82 Å². The average Bonchev–Trinajstić information content (AvgIpc) is 3.10. The van der Waals surface area contributed by atoms with Crippen molar-refractivity contribution in [2.75, 3.05) is 31.5 Å². The number of nitrogens with one attached hydrogen (secondary N) is 2. The number of aromatic nitrogens is 3. The fourth-order valence-corrected chi connectivity index (χ4v) is 3.70. The number of likely N-dealkylation sites (tertiary alicyclic amines) is 1. The topological polar surface area (TPSA) is 58.0 Å². The molecule has 0 radical (unpaired) electrons. The minimum Gasteiger partial charge on any atom is -0.370 e. The maximum absolute atomic E-state index is 4.37. The zero-order chi connectivity index (χ0) is 16.2. The molecule has 24 heavy (non-hydrogen) atoms. The number of piperidine rings is 1.